The molecule has 0 aromatic heterocycles. The second kappa shape index (κ2) is 6.54. The number of aliphatic carboxylic acids is 1. The van der Waals surface area contributed by atoms with Crippen molar-refractivity contribution < 1.29 is 14.7 Å². The van der Waals surface area contributed by atoms with Gasteiger partial charge in [0.05, 0.1) is 0 Å². The Kier molecular flexibility index (Phi) is 5.34. The van der Waals surface area contributed by atoms with Gasteiger partial charge in [-0.05, 0) is 43.5 Å². The molecule has 0 aliphatic rings. The van der Waals surface area contributed by atoms with E-state index in [9.17, 15) is 9.59 Å². The van der Waals surface area contributed by atoms with Crippen molar-refractivity contribution in [1.29, 1.82) is 0 Å². The maximum atomic E-state index is 11.9. The van der Waals surface area contributed by atoms with Crippen LogP contribution in [0, 0.1) is 13.8 Å². The maximum Gasteiger partial charge on any atom is 0.303 e. The Bertz CT molecular complexity index is 472. The normalized spacial score (nSPS) is 10.2. The molecule has 18 heavy (non-hydrogen) atoms. The van der Waals surface area contributed by atoms with Crippen LogP contribution in [0.1, 0.15) is 34.3 Å². The summed E-state index contributed by atoms with van der Waals surface area (Å²) >= 11 is 3.41. The lowest BCUT2D eigenvalue weighted by atomic mass is 10.1. The first kappa shape index (κ1) is 14.7. The lowest BCUT2D eigenvalue weighted by Gasteiger charge is -2.09. The fraction of sp³-hybridized carbons (Fsp3) is 0.385. The van der Waals surface area contributed by atoms with Crippen LogP contribution in [0.2, 0.25) is 0 Å². The SMILES string of the molecule is Cc1cc(C(=O)NCCCC(=O)O)c(C)cc1Br. The number of rotatable bonds is 5. The monoisotopic (exact) mass is 313 g/mol. The standard InChI is InChI=1S/C13H16BrNO3/c1-8-7-11(14)9(2)6-10(8)13(18)15-5-3-4-12(16)17/h6-7H,3-5H2,1-2H3,(H,15,18)(H,16,17). The van der Waals surface area contributed by atoms with Crippen molar-refractivity contribution in [2.75, 3.05) is 6.54 Å². The van der Waals surface area contributed by atoms with Crippen LogP contribution in [0.4, 0.5) is 0 Å². The highest BCUT2D eigenvalue weighted by atomic mass is 79.9. The molecule has 0 bridgehead atoms. The minimum atomic E-state index is -0.847. The molecule has 4 nitrogen and oxygen atoms in total. The number of halogens is 1. The van der Waals surface area contributed by atoms with E-state index in [1.807, 2.05) is 26.0 Å². The first-order valence-corrected chi connectivity index (χ1v) is 6.48. The molecule has 0 atom stereocenters. The number of amides is 1. The molecule has 0 radical (unpaired) electrons. The number of hydrogen-bond donors (Lipinski definition) is 2. The summed E-state index contributed by atoms with van der Waals surface area (Å²) in [7, 11) is 0. The van der Waals surface area contributed by atoms with E-state index in [0.717, 1.165) is 15.6 Å². The molecule has 1 rings (SSSR count). The second-order valence-electron chi connectivity index (χ2n) is 4.17. The Morgan fingerprint density at radius 3 is 2.56 bits per heavy atom. The topological polar surface area (TPSA) is 66.4 Å². The molecule has 1 aromatic rings. The van der Waals surface area contributed by atoms with Crippen molar-refractivity contribution >= 4 is 27.8 Å². The minimum Gasteiger partial charge on any atom is -0.481 e. The number of carbonyl (C=O) groups excluding carboxylic acids is 1. The Morgan fingerprint density at radius 1 is 1.28 bits per heavy atom. The summed E-state index contributed by atoms with van der Waals surface area (Å²) in [5, 5.41) is 11.2. The van der Waals surface area contributed by atoms with Gasteiger partial charge in [-0.25, -0.2) is 0 Å². The Labute approximate surface area is 115 Å². The molecule has 1 aromatic carbocycles. The van der Waals surface area contributed by atoms with Gasteiger partial charge in [-0.2, -0.15) is 0 Å². The van der Waals surface area contributed by atoms with E-state index in [1.165, 1.54) is 0 Å². The van der Waals surface area contributed by atoms with Crippen LogP contribution >= 0.6 is 15.9 Å². The van der Waals surface area contributed by atoms with E-state index in [-0.39, 0.29) is 12.3 Å². The number of carboxylic acids is 1. The highest BCUT2D eigenvalue weighted by molar-refractivity contribution is 9.10. The van der Waals surface area contributed by atoms with Gasteiger partial charge in [0, 0.05) is 23.0 Å². The molecule has 5 heteroatoms. The molecule has 1 amide bonds. The number of hydrogen-bond acceptors (Lipinski definition) is 2. The maximum absolute atomic E-state index is 11.9. The summed E-state index contributed by atoms with van der Waals surface area (Å²) in [5.41, 5.74) is 2.52. The summed E-state index contributed by atoms with van der Waals surface area (Å²) in [6.07, 6.45) is 0.508. The van der Waals surface area contributed by atoms with Gasteiger partial charge in [-0.15, -0.1) is 0 Å². The second-order valence-corrected chi connectivity index (χ2v) is 5.02. The Balaban J connectivity index is 2.62. The van der Waals surface area contributed by atoms with E-state index in [0.29, 0.717) is 18.5 Å². The first-order valence-electron chi connectivity index (χ1n) is 5.68. The number of benzene rings is 1. The molecular weight excluding hydrogens is 298 g/mol. The first-order chi connectivity index (χ1) is 8.41. The summed E-state index contributed by atoms with van der Waals surface area (Å²) < 4.78 is 0.974. The Hall–Kier alpha value is -1.36. The third-order valence-corrected chi connectivity index (χ3v) is 3.46. The van der Waals surface area contributed by atoms with Crippen LogP contribution in [-0.4, -0.2) is 23.5 Å². The van der Waals surface area contributed by atoms with Crippen molar-refractivity contribution in [2.24, 2.45) is 0 Å². The third-order valence-electron chi connectivity index (χ3n) is 2.60. The third kappa shape index (κ3) is 4.14. The van der Waals surface area contributed by atoms with Gasteiger partial charge in [-0.1, -0.05) is 15.9 Å². The summed E-state index contributed by atoms with van der Waals surface area (Å²) in [5.74, 6) is -1.01. The smallest absolute Gasteiger partial charge is 0.303 e. The van der Waals surface area contributed by atoms with Gasteiger partial charge < -0.3 is 10.4 Å². The largest absolute Gasteiger partial charge is 0.481 e. The van der Waals surface area contributed by atoms with Gasteiger partial charge >= 0.3 is 5.97 Å². The van der Waals surface area contributed by atoms with E-state index < -0.39 is 5.97 Å². The average Bonchev–Trinajstić information content (AvgIpc) is 2.28. The molecule has 98 valence electrons. The summed E-state index contributed by atoms with van der Waals surface area (Å²) in [6.45, 7) is 4.17. The van der Waals surface area contributed by atoms with Crippen LogP contribution < -0.4 is 5.32 Å². The van der Waals surface area contributed by atoms with Crippen molar-refractivity contribution in [2.45, 2.75) is 26.7 Å². The van der Waals surface area contributed by atoms with E-state index in [2.05, 4.69) is 21.2 Å². The highest BCUT2D eigenvalue weighted by Gasteiger charge is 2.10. The molecule has 0 saturated heterocycles. The molecule has 0 fully saturated rings. The van der Waals surface area contributed by atoms with Crippen LogP contribution in [0.15, 0.2) is 16.6 Å². The molecule has 2 N–H and O–H groups in total. The van der Waals surface area contributed by atoms with E-state index in [4.69, 9.17) is 5.11 Å². The van der Waals surface area contributed by atoms with Gasteiger partial charge in [-0.3, -0.25) is 9.59 Å². The number of carbonyl (C=O) groups is 2. The Morgan fingerprint density at radius 2 is 1.94 bits per heavy atom. The highest BCUT2D eigenvalue weighted by Crippen LogP contribution is 2.20. The van der Waals surface area contributed by atoms with Crippen LogP contribution in [0.5, 0.6) is 0 Å². The molecule has 0 aliphatic carbocycles. The molecule has 0 unspecified atom stereocenters. The van der Waals surface area contributed by atoms with Crippen LogP contribution in [0.25, 0.3) is 0 Å². The zero-order valence-corrected chi connectivity index (χ0v) is 12.0. The predicted molar refractivity (Wildman–Crippen MR) is 72.8 cm³/mol. The fourth-order valence-electron chi connectivity index (χ4n) is 1.56. The van der Waals surface area contributed by atoms with Crippen molar-refractivity contribution in [3.8, 4) is 0 Å². The quantitative estimate of drug-likeness (QED) is 0.821. The molecule has 0 aliphatic heterocycles. The van der Waals surface area contributed by atoms with Crippen LogP contribution in [0.3, 0.4) is 0 Å². The van der Waals surface area contributed by atoms with Crippen molar-refractivity contribution in [3.63, 3.8) is 0 Å². The summed E-state index contributed by atoms with van der Waals surface area (Å²) in [6, 6.07) is 3.73. The van der Waals surface area contributed by atoms with Crippen molar-refractivity contribution in [1.82, 2.24) is 5.32 Å². The van der Waals surface area contributed by atoms with E-state index >= 15 is 0 Å². The number of carboxylic acid groups (broad SMARTS) is 1. The number of nitrogens with one attached hydrogen (secondary N) is 1. The lowest BCUT2D eigenvalue weighted by Crippen LogP contribution is -2.25. The molecule has 0 saturated carbocycles. The zero-order valence-electron chi connectivity index (χ0n) is 10.4. The summed E-state index contributed by atoms with van der Waals surface area (Å²) in [4.78, 5) is 22.2. The molecule has 0 spiro atoms. The van der Waals surface area contributed by atoms with Gasteiger partial charge in [0.15, 0.2) is 0 Å². The van der Waals surface area contributed by atoms with Gasteiger partial charge in [0.2, 0.25) is 0 Å². The van der Waals surface area contributed by atoms with Crippen LogP contribution in [-0.2, 0) is 4.79 Å². The average molecular weight is 314 g/mol. The number of aryl methyl sites for hydroxylation is 2. The fourth-order valence-corrected chi connectivity index (χ4v) is 2.02. The van der Waals surface area contributed by atoms with E-state index in [1.54, 1.807) is 0 Å². The molecule has 0 heterocycles. The zero-order chi connectivity index (χ0) is 13.7. The van der Waals surface area contributed by atoms with Gasteiger partial charge in [0.1, 0.15) is 0 Å². The minimum absolute atomic E-state index is 0.0681. The van der Waals surface area contributed by atoms with Crippen molar-refractivity contribution in [3.05, 3.63) is 33.3 Å². The lowest BCUT2D eigenvalue weighted by molar-refractivity contribution is -0.137. The predicted octanol–water partition coefficient (Wildman–Crippen LogP) is 2.66. The molecular formula is C13H16BrNO3. The van der Waals surface area contributed by atoms with Gasteiger partial charge in [0.25, 0.3) is 5.91 Å².